The number of likely N-dealkylation sites (tertiary alicyclic amines) is 1. The molecular formula is C16H25N3OS. The van der Waals surface area contributed by atoms with Crippen molar-refractivity contribution in [1.82, 2.24) is 9.88 Å². The zero-order chi connectivity index (χ0) is 14.8. The van der Waals surface area contributed by atoms with Crippen LogP contribution in [-0.4, -0.2) is 34.9 Å². The molecule has 116 valence electrons. The molecule has 0 spiro atoms. The van der Waals surface area contributed by atoms with Gasteiger partial charge in [-0.2, -0.15) is 0 Å². The Morgan fingerprint density at radius 1 is 1.29 bits per heavy atom. The quantitative estimate of drug-likeness (QED) is 0.933. The molecule has 3 rings (SSSR count). The lowest BCUT2D eigenvalue weighted by atomic mass is 10.0. The van der Waals surface area contributed by atoms with Crippen molar-refractivity contribution in [2.45, 2.75) is 63.8 Å². The van der Waals surface area contributed by atoms with Gasteiger partial charge in [-0.1, -0.05) is 12.8 Å². The second-order valence-corrected chi connectivity index (χ2v) is 7.36. The lowest BCUT2D eigenvalue weighted by Crippen LogP contribution is -2.47. The van der Waals surface area contributed by atoms with Gasteiger partial charge in [-0.3, -0.25) is 4.79 Å². The summed E-state index contributed by atoms with van der Waals surface area (Å²) in [6.07, 6.45) is 8.37. The maximum absolute atomic E-state index is 12.9. The van der Waals surface area contributed by atoms with E-state index in [1.807, 2.05) is 11.8 Å². The first-order valence-corrected chi connectivity index (χ1v) is 9.00. The Bertz CT molecular complexity index is 508. The number of aryl methyl sites for hydroxylation is 1. The van der Waals surface area contributed by atoms with Crippen LogP contribution in [0.5, 0.6) is 0 Å². The number of carbonyl (C=O) groups is 1. The van der Waals surface area contributed by atoms with E-state index >= 15 is 0 Å². The van der Waals surface area contributed by atoms with Crippen molar-refractivity contribution in [1.29, 1.82) is 0 Å². The lowest BCUT2D eigenvalue weighted by molar-refractivity contribution is 0.0627. The number of piperidine rings is 1. The Hall–Kier alpha value is -0.940. The van der Waals surface area contributed by atoms with Crippen molar-refractivity contribution in [3.05, 3.63) is 15.6 Å². The fourth-order valence-electron chi connectivity index (χ4n) is 3.61. The van der Waals surface area contributed by atoms with Crippen LogP contribution in [0.2, 0.25) is 0 Å². The molecule has 2 heterocycles. The molecule has 1 saturated heterocycles. The molecule has 1 aromatic rings. The van der Waals surface area contributed by atoms with Crippen molar-refractivity contribution in [2.75, 3.05) is 13.1 Å². The number of nitrogens with two attached hydrogens (primary N) is 1. The molecule has 2 aliphatic rings. The first-order valence-electron chi connectivity index (χ1n) is 8.19. The number of carbonyl (C=O) groups excluding carboxylic acids is 1. The Morgan fingerprint density at radius 3 is 2.71 bits per heavy atom. The highest BCUT2D eigenvalue weighted by atomic mass is 32.1. The lowest BCUT2D eigenvalue weighted by Gasteiger charge is -2.34. The van der Waals surface area contributed by atoms with Gasteiger partial charge < -0.3 is 10.6 Å². The summed E-state index contributed by atoms with van der Waals surface area (Å²) in [5.74, 6) is 0.742. The van der Waals surface area contributed by atoms with Gasteiger partial charge in [0.2, 0.25) is 0 Å². The minimum absolute atomic E-state index is 0.157. The second-order valence-electron chi connectivity index (χ2n) is 6.33. The normalized spacial score (nSPS) is 23.7. The highest BCUT2D eigenvalue weighted by Gasteiger charge is 2.30. The van der Waals surface area contributed by atoms with Crippen LogP contribution in [0.15, 0.2) is 0 Å². The Kier molecular flexibility index (Phi) is 4.60. The summed E-state index contributed by atoms with van der Waals surface area (Å²) in [4.78, 5) is 20.4. The van der Waals surface area contributed by atoms with Gasteiger partial charge in [-0.25, -0.2) is 4.98 Å². The summed E-state index contributed by atoms with van der Waals surface area (Å²) in [5.41, 5.74) is 6.76. The molecule has 1 aliphatic carbocycles. The summed E-state index contributed by atoms with van der Waals surface area (Å²) >= 11 is 1.63. The average molecular weight is 307 g/mol. The third-order valence-electron chi connectivity index (χ3n) is 4.87. The maximum Gasteiger partial charge on any atom is 0.266 e. The molecular weight excluding hydrogens is 282 g/mol. The van der Waals surface area contributed by atoms with Crippen molar-refractivity contribution in [3.8, 4) is 0 Å². The van der Waals surface area contributed by atoms with E-state index in [0.717, 1.165) is 30.0 Å². The minimum atomic E-state index is 0.157. The standard InChI is InChI=1S/C16H25N3OS/c1-11-14(21-15(18-11)12-6-2-3-7-12)16(20)19-9-5-4-8-13(19)10-17/h12-13H,2-10,17H2,1H3. The highest BCUT2D eigenvalue weighted by Crippen LogP contribution is 2.37. The van der Waals surface area contributed by atoms with Crippen molar-refractivity contribution in [2.24, 2.45) is 5.73 Å². The second kappa shape index (κ2) is 6.44. The smallest absolute Gasteiger partial charge is 0.266 e. The van der Waals surface area contributed by atoms with E-state index in [1.165, 1.54) is 37.1 Å². The number of hydrogen-bond acceptors (Lipinski definition) is 4. The predicted octanol–water partition coefficient (Wildman–Crippen LogP) is 3.06. The zero-order valence-electron chi connectivity index (χ0n) is 12.8. The van der Waals surface area contributed by atoms with E-state index in [-0.39, 0.29) is 11.9 Å². The Balaban J connectivity index is 1.80. The number of nitrogens with zero attached hydrogens (tertiary/aromatic N) is 2. The molecule has 1 unspecified atom stereocenters. The number of rotatable bonds is 3. The van der Waals surface area contributed by atoms with E-state index in [4.69, 9.17) is 10.7 Å². The highest BCUT2D eigenvalue weighted by molar-refractivity contribution is 7.13. The van der Waals surface area contributed by atoms with Crippen LogP contribution in [0.4, 0.5) is 0 Å². The van der Waals surface area contributed by atoms with E-state index < -0.39 is 0 Å². The number of amides is 1. The molecule has 1 aromatic heterocycles. The molecule has 2 N–H and O–H groups in total. The van der Waals surface area contributed by atoms with Crippen molar-refractivity contribution < 1.29 is 4.79 Å². The van der Waals surface area contributed by atoms with Gasteiger partial charge in [0, 0.05) is 25.0 Å². The van der Waals surface area contributed by atoms with E-state index in [9.17, 15) is 4.79 Å². The largest absolute Gasteiger partial charge is 0.334 e. The van der Waals surface area contributed by atoms with Crippen molar-refractivity contribution >= 4 is 17.2 Å². The summed E-state index contributed by atoms with van der Waals surface area (Å²) in [6, 6.07) is 0.211. The third-order valence-corrected chi connectivity index (χ3v) is 6.18. The topological polar surface area (TPSA) is 59.2 Å². The van der Waals surface area contributed by atoms with E-state index in [2.05, 4.69) is 0 Å². The fourth-order valence-corrected chi connectivity index (χ4v) is 4.80. The molecule has 1 saturated carbocycles. The van der Waals surface area contributed by atoms with Crippen LogP contribution in [0, 0.1) is 6.92 Å². The first kappa shape index (κ1) is 15.0. The average Bonchev–Trinajstić information content (AvgIpc) is 3.15. The van der Waals surface area contributed by atoms with Gasteiger partial charge in [0.05, 0.1) is 10.7 Å². The van der Waals surface area contributed by atoms with Gasteiger partial charge in [0.15, 0.2) is 0 Å². The van der Waals surface area contributed by atoms with Gasteiger partial charge in [0.1, 0.15) is 4.88 Å². The maximum atomic E-state index is 12.9. The predicted molar refractivity (Wildman–Crippen MR) is 85.8 cm³/mol. The van der Waals surface area contributed by atoms with Gasteiger partial charge in [-0.15, -0.1) is 11.3 Å². The molecule has 1 aliphatic heterocycles. The van der Waals surface area contributed by atoms with Crippen LogP contribution in [0.3, 0.4) is 0 Å². The SMILES string of the molecule is Cc1nc(C2CCCC2)sc1C(=O)N1CCCCC1CN. The molecule has 0 radical (unpaired) electrons. The summed E-state index contributed by atoms with van der Waals surface area (Å²) < 4.78 is 0. The van der Waals surface area contributed by atoms with Crippen LogP contribution in [0.1, 0.15) is 71.2 Å². The summed E-state index contributed by atoms with van der Waals surface area (Å²) in [6.45, 7) is 3.39. The first-order chi connectivity index (χ1) is 10.2. The van der Waals surface area contributed by atoms with Gasteiger partial charge in [-0.05, 0) is 39.0 Å². The van der Waals surface area contributed by atoms with Gasteiger partial charge >= 0.3 is 0 Å². The monoisotopic (exact) mass is 307 g/mol. The minimum Gasteiger partial charge on any atom is -0.334 e. The Morgan fingerprint density at radius 2 is 2.00 bits per heavy atom. The third kappa shape index (κ3) is 2.99. The van der Waals surface area contributed by atoms with E-state index in [0.29, 0.717) is 12.5 Å². The molecule has 1 amide bonds. The number of aromatic nitrogens is 1. The molecule has 1 atom stereocenters. The molecule has 2 fully saturated rings. The van der Waals surface area contributed by atoms with Crippen molar-refractivity contribution in [3.63, 3.8) is 0 Å². The Labute approximate surface area is 130 Å². The summed E-state index contributed by atoms with van der Waals surface area (Å²) in [5, 5.41) is 1.18. The molecule has 0 bridgehead atoms. The number of thiazole rings is 1. The van der Waals surface area contributed by atoms with Crippen LogP contribution >= 0.6 is 11.3 Å². The van der Waals surface area contributed by atoms with Crippen LogP contribution < -0.4 is 5.73 Å². The van der Waals surface area contributed by atoms with Crippen LogP contribution in [0.25, 0.3) is 0 Å². The molecule has 0 aromatic carbocycles. The van der Waals surface area contributed by atoms with E-state index in [1.54, 1.807) is 11.3 Å². The molecule has 5 heteroatoms. The van der Waals surface area contributed by atoms with Crippen LogP contribution in [-0.2, 0) is 0 Å². The molecule has 4 nitrogen and oxygen atoms in total. The van der Waals surface area contributed by atoms with Gasteiger partial charge in [0.25, 0.3) is 5.91 Å². The summed E-state index contributed by atoms with van der Waals surface area (Å²) in [7, 11) is 0. The number of hydrogen-bond donors (Lipinski definition) is 1. The fraction of sp³-hybridized carbons (Fsp3) is 0.750. The zero-order valence-corrected chi connectivity index (χ0v) is 13.6. The molecule has 21 heavy (non-hydrogen) atoms.